The van der Waals surface area contributed by atoms with Gasteiger partial charge in [-0.2, -0.15) is 0 Å². The van der Waals surface area contributed by atoms with E-state index in [0.717, 1.165) is 20.9 Å². The second-order valence-corrected chi connectivity index (χ2v) is 11.4. The summed E-state index contributed by atoms with van der Waals surface area (Å²) in [5.41, 5.74) is 2.86. The number of benzene rings is 2. The van der Waals surface area contributed by atoms with Gasteiger partial charge in [0.25, 0.3) is 0 Å². The zero-order chi connectivity index (χ0) is 29.2. The minimum Gasteiger partial charge on any atom is -0.497 e. The van der Waals surface area contributed by atoms with Gasteiger partial charge in [-0.25, -0.2) is 9.69 Å². The number of esters is 1. The number of amides is 2. The monoisotopic (exact) mass is 572 g/mol. The van der Waals surface area contributed by atoms with Crippen LogP contribution in [-0.2, 0) is 14.3 Å². The summed E-state index contributed by atoms with van der Waals surface area (Å²) in [6, 6.07) is 11.0. The standard InChI is InChI=1S/C31H28N2O7S/c1-15-16(2)41-30(22(15)31(37)40-5)33-28(35)23-24(29(33)36)26(27(34)20-14-18(38-3)10-11-21(20)39-4)32-13-12-17-8-6-7-9-19(17)25(23)32/h6-14,23-26H,1-5H3/t23-,24-,25+,26+/m1/s1. The van der Waals surface area contributed by atoms with E-state index in [0.29, 0.717) is 17.1 Å². The Labute approximate surface area is 240 Å². The Bertz CT molecular complexity index is 1660. The average molecular weight is 573 g/mol. The van der Waals surface area contributed by atoms with Crippen LogP contribution in [0.1, 0.15) is 48.3 Å². The molecule has 4 heterocycles. The number of aryl methyl sites for hydroxylation is 1. The van der Waals surface area contributed by atoms with Gasteiger partial charge in [0, 0.05) is 11.1 Å². The molecule has 2 fully saturated rings. The third-order valence-electron chi connectivity index (χ3n) is 8.36. The van der Waals surface area contributed by atoms with Gasteiger partial charge in [0.1, 0.15) is 22.5 Å². The molecule has 6 rings (SSSR count). The van der Waals surface area contributed by atoms with Gasteiger partial charge in [-0.15, -0.1) is 11.3 Å². The number of methoxy groups -OCH3 is 3. The molecule has 0 radical (unpaired) electrons. The molecule has 0 unspecified atom stereocenters. The number of nitrogens with zero attached hydrogens (tertiary/aromatic N) is 2. The molecule has 0 aliphatic carbocycles. The molecular weight excluding hydrogens is 544 g/mol. The Kier molecular flexibility index (Phi) is 6.45. The van der Waals surface area contributed by atoms with Crippen LogP contribution in [0.2, 0.25) is 0 Å². The molecule has 3 aromatic rings. The number of carbonyl (C=O) groups excluding carboxylic acids is 4. The third-order valence-corrected chi connectivity index (χ3v) is 9.55. The maximum absolute atomic E-state index is 14.4. The summed E-state index contributed by atoms with van der Waals surface area (Å²) in [6.45, 7) is 3.59. The van der Waals surface area contributed by atoms with Crippen LogP contribution in [0.15, 0.2) is 48.7 Å². The summed E-state index contributed by atoms with van der Waals surface area (Å²) >= 11 is 1.19. The number of hydrogen-bond acceptors (Lipinski definition) is 9. The van der Waals surface area contributed by atoms with E-state index < -0.39 is 41.7 Å². The molecule has 4 atom stereocenters. The number of rotatable bonds is 6. The van der Waals surface area contributed by atoms with Crippen LogP contribution in [0.25, 0.3) is 6.08 Å². The third kappa shape index (κ3) is 3.81. The Morgan fingerprint density at radius 1 is 0.927 bits per heavy atom. The van der Waals surface area contributed by atoms with E-state index in [4.69, 9.17) is 14.2 Å². The zero-order valence-corrected chi connectivity index (χ0v) is 24.0. The van der Waals surface area contributed by atoms with Crippen molar-refractivity contribution in [1.82, 2.24) is 4.90 Å². The smallest absolute Gasteiger partial charge is 0.341 e. The van der Waals surface area contributed by atoms with Gasteiger partial charge < -0.3 is 19.1 Å². The van der Waals surface area contributed by atoms with Gasteiger partial charge in [-0.05, 0) is 54.8 Å². The van der Waals surface area contributed by atoms with E-state index >= 15 is 0 Å². The first-order chi connectivity index (χ1) is 19.7. The fraction of sp³-hybridized carbons (Fsp3) is 0.290. The fourth-order valence-corrected chi connectivity index (χ4v) is 7.49. The molecule has 0 bridgehead atoms. The van der Waals surface area contributed by atoms with Crippen molar-refractivity contribution in [3.05, 3.63) is 81.4 Å². The number of fused-ring (bicyclic) bond motifs is 5. The van der Waals surface area contributed by atoms with Crippen molar-refractivity contribution < 1.29 is 33.4 Å². The van der Waals surface area contributed by atoms with Crippen LogP contribution in [0.3, 0.4) is 0 Å². The molecule has 1 aromatic heterocycles. The fourth-order valence-electron chi connectivity index (χ4n) is 6.33. The van der Waals surface area contributed by atoms with Crippen LogP contribution in [-0.4, -0.2) is 55.8 Å². The average Bonchev–Trinajstić information content (AvgIpc) is 3.58. The number of hydrogen-bond donors (Lipinski definition) is 0. The first-order valence-electron chi connectivity index (χ1n) is 13.1. The number of imide groups is 1. The highest BCUT2D eigenvalue weighted by Crippen LogP contribution is 2.55. The minimum absolute atomic E-state index is 0.190. The lowest BCUT2D eigenvalue weighted by Gasteiger charge is -2.35. The Hall–Kier alpha value is -4.44. The molecule has 10 heteroatoms. The second-order valence-electron chi connectivity index (χ2n) is 10.2. The molecule has 210 valence electrons. The predicted octanol–water partition coefficient (Wildman–Crippen LogP) is 4.57. The number of ether oxygens (including phenoxy) is 3. The van der Waals surface area contributed by atoms with E-state index in [2.05, 4.69) is 0 Å². The van der Waals surface area contributed by atoms with Gasteiger partial charge in [-0.3, -0.25) is 14.4 Å². The van der Waals surface area contributed by atoms with Crippen LogP contribution in [0, 0.1) is 25.7 Å². The number of ketones is 1. The molecule has 0 saturated carbocycles. The molecule has 0 spiro atoms. The lowest BCUT2D eigenvalue weighted by atomic mass is 9.83. The first kappa shape index (κ1) is 26.8. The van der Waals surface area contributed by atoms with Gasteiger partial charge in [0.05, 0.1) is 50.3 Å². The van der Waals surface area contributed by atoms with Crippen molar-refractivity contribution in [2.75, 3.05) is 26.2 Å². The molecule has 3 aliphatic heterocycles. The summed E-state index contributed by atoms with van der Waals surface area (Å²) in [5, 5.41) is 0.229. The predicted molar refractivity (Wildman–Crippen MR) is 152 cm³/mol. The van der Waals surface area contributed by atoms with Crippen LogP contribution in [0.5, 0.6) is 11.5 Å². The van der Waals surface area contributed by atoms with Crippen molar-refractivity contribution in [2.45, 2.75) is 25.9 Å². The SMILES string of the molecule is COC(=O)c1c(N2C(=O)[C@@H]3[C@@H](C2=O)[C@@H]2c4ccccc4C=CN2[C@@H]3C(=O)c2cc(OC)ccc2OC)sc(C)c1C. The van der Waals surface area contributed by atoms with Crippen LogP contribution < -0.4 is 14.4 Å². The van der Waals surface area contributed by atoms with Crippen LogP contribution in [0.4, 0.5) is 5.00 Å². The quantitative estimate of drug-likeness (QED) is 0.241. The summed E-state index contributed by atoms with van der Waals surface area (Å²) in [4.78, 5) is 59.6. The number of carbonyl (C=O) groups is 4. The second kappa shape index (κ2) is 9.88. The van der Waals surface area contributed by atoms with E-state index in [1.54, 1.807) is 31.3 Å². The summed E-state index contributed by atoms with van der Waals surface area (Å²) in [5.74, 6) is -3.01. The van der Waals surface area contributed by atoms with Crippen molar-refractivity contribution in [3.8, 4) is 11.5 Å². The van der Waals surface area contributed by atoms with Crippen molar-refractivity contribution in [2.24, 2.45) is 11.8 Å². The van der Waals surface area contributed by atoms with Gasteiger partial charge in [0.2, 0.25) is 11.8 Å². The van der Waals surface area contributed by atoms with E-state index in [9.17, 15) is 19.2 Å². The largest absolute Gasteiger partial charge is 0.497 e. The molecule has 9 nitrogen and oxygen atoms in total. The Morgan fingerprint density at radius 2 is 1.66 bits per heavy atom. The van der Waals surface area contributed by atoms with Crippen molar-refractivity contribution in [1.29, 1.82) is 0 Å². The van der Waals surface area contributed by atoms with Crippen LogP contribution >= 0.6 is 11.3 Å². The Morgan fingerprint density at radius 3 is 2.37 bits per heavy atom. The molecule has 2 aromatic carbocycles. The highest BCUT2D eigenvalue weighted by atomic mass is 32.1. The minimum atomic E-state index is -1.00. The van der Waals surface area contributed by atoms with Gasteiger partial charge in [0.15, 0.2) is 5.78 Å². The van der Waals surface area contributed by atoms with Gasteiger partial charge in [-0.1, -0.05) is 24.3 Å². The summed E-state index contributed by atoms with van der Waals surface area (Å²) in [6.07, 6.45) is 3.69. The molecule has 0 N–H and O–H groups in total. The zero-order valence-electron chi connectivity index (χ0n) is 23.2. The summed E-state index contributed by atoms with van der Waals surface area (Å²) < 4.78 is 15.9. The molecule has 3 aliphatic rings. The molecule has 41 heavy (non-hydrogen) atoms. The number of thiophene rings is 1. The normalized spacial score (nSPS) is 22.4. The van der Waals surface area contributed by atoms with Crippen molar-refractivity contribution >= 4 is 46.0 Å². The van der Waals surface area contributed by atoms with Gasteiger partial charge >= 0.3 is 5.97 Å². The summed E-state index contributed by atoms with van der Waals surface area (Å²) in [7, 11) is 4.24. The van der Waals surface area contributed by atoms with E-state index in [-0.39, 0.29) is 21.9 Å². The maximum Gasteiger partial charge on any atom is 0.341 e. The van der Waals surface area contributed by atoms with E-state index in [1.807, 2.05) is 42.2 Å². The Balaban J connectivity index is 1.53. The number of Topliss-reactive ketones (excluding diaryl/α,β-unsaturated/α-hetero) is 1. The first-order valence-corrected chi connectivity index (χ1v) is 13.9. The number of anilines is 1. The molecular formula is C31H28N2O7S. The van der Waals surface area contributed by atoms with Crippen molar-refractivity contribution in [3.63, 3.8) is 0 Å². The lowest BCUT2D eigenvalue weighted by Crippen LogP contribution is -2.44. The molecule has 2 saturated heterocycles. The maximum atomic E-state index is 14.4. The topological polar surface area (TPSA) is 102 Å². The van der Waals surface area contributed by atoms with E-state index in [1.165, 1.54) is 32.7 Å². The molecule has 2 amide bonds. The lowest BCUT2D eigenvalue weighted by molar-refractivity contribution is -0.123. The highest BCUT2D eigenvalue weighted by molar-refractivity contribution is 7.17. The highest BCUT2D eigenvalue weighted by Gasteiger charge is 2.65.